The number of likely N-dealkylation sites (tertiary alicyclic amines) is 1. The van der Waals surface area contributed by atoms with Gasteiger partial charge in [0.1, 0.15) is 6.04 Å². The van der Waals surface area contributed by atoms with Crippen LogP contribution in [-0.2, 0) is 9.59 Å². The molecule has 6 rings (SSSR count). The van der Waals surface area contributed by atoms with Crippen LogP contribution in [0.1, 0.15) is 96.3 Å². The summed E-state index contributed by atoms with van der Waals surface area (Å²) >= 11 is 0. The molecule has 28 heavy (non-hydrogen) atoms. The summed E-state index contributed by atoms with van der Waals surface area (Å²) < 4.78 is 0. The quantitative estimate of drug-likeness (QED) is 0.780. The van der Waals surface area contributed by atoms with Crippen LogP contribution in [0.25, 0.3) is 0 Å². The number of hydrogen-bond donors (Lipinski definition) is 1. The van der Waals surface area contributed by atoms with Crippen LogP contribution in [0.4, 0.5) is 0 Å². The topological polar surface area (TPSA) is 49.4 Å². The smallest absolute Gasteiger partial charge is 0.243 e. The zero-order chi connectivity index (χ0) is 19.1. The summed E-state index contributed by atoms with van der Waals surface area (Å²) in [6.07, 6.45) is 17.9. The van der Waals surface area contributed by atoms with Gasteiger partial charge in [0.15, 0.2) is 0 Å². The van der Waals surface area contributed by atoms with Crippen LogP contribution in [0, 0.1) is 23.2 Å². The van der Waals surface area contributed by atoms with Gasteiger partial charge in [-0.15, -0.1) is 0 Å². The monoisotopic (exact) mass is 386 g/mol. The van der Waals surface area contributed by atoms with Crippen molar-refractivity contribution >= 4 is 11.8 Å². The first-order chi connectivity index (χ1) is 13.6. The molecule has 1 saturated heterocycles. The molecule has 156 valence electrons. The fourth-order valence-corrected chi connectivity index (χ4v) is 7.86. The van der Waals surface area contributed by atoms with Crippen LogP contribution >= 0.6 is 0 Å². The predicted octanol–water partition coefficient (Wildman–Crippen LogP) is 4.42. The number of amides is 2. The highest BCUT2D eigenvalue weighted by Gasteiger charge is 2.56. The molecule has 1 atom stereocenters. The zero-order valence-corrected chi connectivity index (χ0v) is 17.5. The van der Waals surface area contributed by atoms with E-state index in [9.17, 15) is 9.59 Å². The highest BCUT2D eigenvalue weighted by molar-refractivity contribution is 5.91. The first-order valence-corrected chi connectivity index (χ1v) is 12.2. The highest BCUT2D eigenvalue weighted by Crippen LogP contribution is 2.60. The van der Waals surface area contributed by atoms with E-state index in [1.807, 2.05) is 4.90 Å². The van der Waals surface area contributed by atoms with Crippen LogP contribution in [0.5, 0.6) is 0 Å². The van der Waals surface area contributed by atoms with E-state index in [4.69, 9.17) is 0 Å². The number of carbonyl (C=O) groups excluding carboxylic acids is 2. The summed E-state index contributed by atoms with van der Waals surface area (Å²) in [5.74, 6) is 2.82. The minimum absolute atomic E-state index is 0.113. The van der Waals surface area contributed by atoms with E-state index in [2.05, 4.69) is 5.32 Å². The first-order valence-electron chi connectivity index (χ1n) is 12.2. The third-order valence-electron chi connectivity index (χ3n) is 8.76. The number of nitrogens with zero attached hydrogens (tertiary/aromatic N) is 1. The Hall–Kier alpha value is -1.06. The van der Waals surface area contributed by atoms with Gasteiger partial charge in [-0.1, -0.05) is 32.1 Å². The second-order valence-electron chi connectivity index (χ2n) is 10.9. The Kier molecular flexibility index (Phi) is 5.17. The van der Waals surface area contributed by atoms with E-state index in [1.54, 1.807) is 0 Å². The molecule has 4 nitrogen and oxygen atoms in total. The van der Waals surface area contributed by atoms with Crippen molar-refractivity contribution in [2.24, 2.45) is 23.2 Å². The van der Waals surface area contributed by atoms with Gasteiger partial charge in [0.05, 0.1) is 5.41 Å². The van der Waals surface area contributed by atoms with Crippen LogP contribution in [0.15, 0.2) is 0 Å². The Labute approximate surface area is 170 Å². The van der Waals surface area contributed by atoms with Crippen molar-refractivity contribution in [2.45, 2.75) is 108 Å². The van der Waals surface area contributed by atoms with Crippen molar-refractivity contribution in [1.29, 1.82) is 0 Å². The highest BCUT2D eigenvalue weighted by atomic mass is 16.2. The van der Waals surface area contributed by atoms with Crippen LogP contribution in [0.2, 0.25) is 0 Å². The predicted molar refractivity (Wildman–Crippen MR) is 110 cm³/mol. The molecular weight excluding hydrogens is 348 g/mol. The maximum Gasteiger partial charge on any atom is 0.243 e. The Morgan fingerprint density at radius 1 is 0.750 bits per heavy atom. The number of nitrogens with one attached hydrogen (secondary N) is 1. The van der Waals surface area contributed by atoms with Gasteiger partial charge in [-0.3, -0.25) is 9.59 Å². The van der Waals surface area contributed by atoms with E-state index < -0.39 is 0 Å². The first kappa shape index (κ1) is 18.9. The molecule has 0 aromatic heterocycles. The van der Waals surface area contributed by atoms with Gasteiger partial charge >= 0.3 is 0 Å². The molecular formula is C24H38N2O2. The summed E-state index contributed by atoms with van der Waals surface area (Å²) in [4.78, 5) is 28.9. The minimum Gasteiger partial charge on any atom is -0.352 e. The second-order valence-corrected chi connectivity index (χ2v) is 10.9. The number of hydrogen-bond acceptors (Lipinski definition) is 2. The van der Waals surface area contributed by atoms with Gasteiger partial charge < -0.3 is 10.2 Å². The summed E-state index contributed by atoms with van der Waals surface area (Å²) in [7, 11) is 0. The normalized spacial score (nSPS) is 40.9. The molecule has 5 saturated carbocycles. The molecule has 4 bridgehead atoms. The van der Waals surface area contributed by atoms with E-state index in [1.165, 1.54) is 51.4 Å². The van der Waals surface area contributed by atoms with Crippen molar-refractivity contribution in [1.82, 2.24) is 10.2 Å². The summed E-state index contributed by atoms with van der Waals surface area (Å²) in [5, 5.41) is 3.35. The maximum absolute atomic E-state index is 13.8. The fourth-order valence-electron chi connectivity index (χ4n) is 7.86. The number of carbonyl (C=O) groups is 2. The van der Waals surface area contributed by atoms with Crippen molar-refractivity contribution < 1.29 is 9.59 Å². The summed E-state index contributed by atoms with van der Waals surface area (Å²) in [6.45, 7) is 0.795. The minimum atomic E-state index is -0.203. The zero-order valence-electron chi connectivity index (χ0n) is 17.5. The molecule has 6 fully saturated rings. The molecule has 1 N–H and O–H groups in total. The van der Waals surface area contributed by atoms with E-state index >= 15 is 0 Å². The Balaban J connectivity index is 1.26. The third kappa shape index (κ3) is 3.50. The molecule has 1 aliphatic heterocycles. The lowest BCUT2D eigenvalue weighted by atomic mass is 9.49. The van der Waals surface area contributed by atoms with Gasteiger partial charge in [0, 0.05) is 12.6 Å². The lowest BCUT2D eigenvalue weighted by molar-refractivity contribution is -0.160. The third-order valence-corrected chi connectivity index (χ3v) is 8.76. The van der Waals surface area contributed by atoms with Gasteiger partial charge in [-0.05, 0) is 82.0 Å². The average molecular weight is 387 g/mol. The molecule has 4 heteroatoms. The second kappa shape index (κ2) is 7.65. The van der Waals surface area contributed by atoms with Gasteiger partial charge in [0.2, 0.25) is 11.8 Å². The van der Waals surface area contributed by atoms with E-state index in [-0.39, 0.29) is 17.4 Å². The Morgan fingerprint density at radius 2 is 1.32 bits per heavy atom. The van der Waals surface area contributed by atoms with E-state index in [0.717, 1.165) is 69.2 Å². The molecule has 0 radical (unpaired) electrons. The van der Waals surface area contributed by atoms with Crippen molar-refractivity contribution in [3.63, 3.8) is 0 Å². The fraction of sp³-hybridized carbons (Fsp3) is 0.917. The standard InChI is InChI=1S/C24H38N2O2/c27-22(25-20-7-4-2-1-3-5-8-20)21-9-6-10-26(21)23(28)24-14-17-11-18(15-24)13-19(12-17)16-24/h17-21H,1-16H2,(H,25,27). The maximum atomic E-state index is 13.8. The largest absolute Gasteiger partial charge is 0.352 e. The van der Waals surface area contributed by atoms with Crippen molar-refractivity contribution in [3.05, 3.63) is 0 Å². The molecule has 1 unspecified atom stereocenters. The van der Waals surface area contributed by atoms with Crippen molar-refractivity contribution in [2.75, 3.05) is 6.54 Å². The molecule has 0 aromatic carbocycles. The van der Waals surface area contributed by atoms with Gasteiger partial charge in [-0.2, -0.15) is 0 Å². The molecule has 2 amide bonds. The molecule has 5 aliphatic carbocycles. The lowest BCUT2D eigenvalue weighted by Gasteiger charge is -2.56. The molecule has 6 aliphatic rings. The van der Waals surface area contributed by atoms with Crippen molar-refractivity contribution in [3.8, 4) is 0 Å². The summed E-state index contributed by atoms with van der Waals surface area (Å²) in [5.41, 5.74) is -0.113. The Morgan fingerprint density at radius 3 is 1.93 bits per heavy atom. The lowest BCUT2D eigenvalue weighted by Crippen LogP contribution is -2.57. The van der Waals surface area contributed by atoms with Gasteiger partial charge in [0.25, 0.3) is 0 Å². The number of rotatable bonds is 3. The summed E-state index contributed by atoms with van der Waals surface area (Å²) in [6, 6.07) is 0.121. The average Bonchev–Trinajstić information content (AvgIpc) is 3.11. The van der Waals surface area contributed by atoms with Crippen LogP contribution in [-0.4, -0.2) is 35.3 Å². The van der Waals surface area contributed by atoms with Crippen LogP contribution in [0.3, 0.4) is 0 Å². The molecule has 1 heterocycles. The SMILES string of the molecule is O=C(NC1CCCCCCC1)C1CCCN1C(=O)C12CC3CC(CC(C3)C1)C2. The molecule has 0 spiro atoms. The molecule has 0 aromatic rings. The van der Waals surface area contributed by atoms with Crippen LogP contribution < -0.4 is 5.32 Å². The Bertz CT molecular complexity index is 572. The van der Waals surface area contributed by atoms with Gasteiger partial charge in [-0.25, -0.2) is 0 Å². The van der Waals surface area contributed by atoms with E-state index in [0.29, 0.717) is 11.9 Å².